The first-order valence-corrected chi connectivity index (χ1v) is 6.51. The number of aliphatic hydroxyl groups is 1. The van der Waals surface area contributed by atoms with Gasteiger partial charge in [0.15, 0.2) is 0 Å². The summed E-state index contributed by atoms with van der Waals surface area (Å²) in [5, 5.41) is 24.4. The van der Waals surface area contributed by atoms with Gasteiger partial charge in [-0.15, -0.1) is 0 Å². The molecule has 1 atom stereocenters. The van der Waals surface area contributed by atoms with Crippen molar-refractivity contribution in [3.8, 4) is 6.07 Å². The van der Waals surface area contributed by atoms with Crippen molar-refractivity contribution in [1.29, 1.82) is 5.26 Å². The van der Waals surface area contributed by atoms with Crippen molar-refractivity contribution in [1.82, 2.24) is 10.6 Å². The van der Waals surface area contributed by atoms with Crippen molar-refractivity contribution in [2.24, 2.45) is 5.41 Å². The van der Waals surface area contributed by atoms with E-state index in [9.17, 15) is 9.90 Å². The van der Waals surface area contributed by atoms with E-state index < -0.39 is 11.5 Å². The first-order valence-electron chi connectivity index (χ1n) is 6.51. The summed E-state index contributed by atoms with van der Waals surface area (Å²) in [6.45, 7) is 4.51. The van der Waals surface area contributed by atoms with Crippen LogP contribution in [0.5, 0.6) is 0 Å². The summed E-state index contributed by atoms with van der Waals surface area (Å²) in [5.74, 6) is -0.0436. The van der Waals surface area contributed by atoms with E-state index in [1.54, 1.807) is 31.3 Å². The number of rotatable bonds is 6. The Morgan fingerprint density at radius 3 is 2.50 bits per heavy atom. The molecule has 0 aliphatic carbocycles. The average molecular weight is 275 g/mol. The zero-order chi connectivity index (χ0) is 15.2. The van der Waals surface area contributed by atoms with Gasteiger partial charge in [0, 0.05) is 20.1 Å². The molecule has 5 heteroatoms. The molecule has 0 bridgehead atoms. The Hall–Kier alpha value is -1.90. The molecule has 0 aromatic heterocycles. The van der Waals surface area contributed by atoms with Gasteiger partial charge in [0.05, 0.1) is 23.2 Å². The fraction of sp³-hybridized carbons (Fsp3) is 0.467. The van der Waals surface area contributed by atoms with Crippen LogP contribution in [-0.2, 0) is 4.79 Å². The summed E-state index contributed by atoms with van der Waals surface area (Å²) in [6.07, 6.45) is -0.664. The Bertz CT molecular complexity index is 489. The van der Waals surface area contributed by atoms with E-state index in [-0.39, 0.29) is 5.91 Å². The van der Waals surface area contributed by atoms with E-state index in [2.05, 4.69) is 10.6 Å². The van der Waals surface area contributed by atoms with Crippen LogP contribution >= 0.6 is 0 Å². The van der Waals surface area contributed by atoms with E-state index >= 15 is 0 Å². The lowest BCUT2D eigenvalue weighted by molar-refractivity contribution is -0.128. The van der Waals surface area contributed by atoms with E-state index in [4.69, 9.17) is 5.26 Å². The minimum atomic E-state index is -0.664. The van der Waals surface area contributed by atoms with Crippen LogP contribution in [0.4, 0.5) is 0 Å². The Labute approximate surface area is 119 Å². The lowest BCUT2D eigenvalue weighted by Gasteiger charge is -2.23. The van der Waals surface area contributed by atoms with Crippen molar-refractivity contribution in [3.05, 3.63) is 35.4 Å². The van der Waals surface area contributed by atoms with Gasteiger partial charge in [-0.05, 0) is 31.5 Å². The van der Waals surface area contributed by atoms with E-state index in [0.717, 1.165) is 5.56 Å². The third-order valence-electron chi connectivity index (χ3n) is 3.17. The van der Waals surface area contributed by atoms with Gasteiger partial charge in [0.2, 0.25) is 5.91 Å². The minimum absolute atomic E-state index is 0.0436. The van der Waals surface area contributed by atoms with Gasteiger partial charge in [-0.3, -0.25) is 4.79 Å². The maximum absolute atomic E-state index is 11.6. The molecule has 20 heavy (non-hydrogen) atoms. The zero-order valence-electron chi connectivity index (χ0n) is 12.1. The summed E-state index contributed by atoms with van der Waals surface area (Å²) in [6, 6.07) is 8.84. The molecule has 1 rings (SSSR count). The first kappa shape index (κ1) is 16.2. The predicted molar refractivity (Wildman–Crippen MR) is 76.8 cm³/mol. The third kappa shape index (κ3) is 4.34. The van der Waals surface area contributed by atoms with Crippen LogP contribution in [0.2, 0.25) is 0 Å². The van der Waals surface area contributed by atoms with Gasteiger partial charge in [-0.2, -0.15) is 5.26 Å². The number of nitriles is 1. The second-order valence-electron chi connectivity index (χ2n) is 5.34. The summed E-state index contributed by atoms with van der Waals surface area (Å²) in [5.41, 5.74) is 0.781. The molecule has 1 amide bonds. The van der Waals surface area contributed by atoms with E-state index in [1.807, 2.05) is 19.9 Å². The highest BCUT2D eigenvalue weighted by atomic mass is 16.3. The van der Waals surface area contributed by atoms with Gasteiger partial charge in [-0.25, -0.2) is 0 Å². The zero-order valence-corrected chi connectivity index (χ0v) is 12.1. The molecule has 1 aromatic carbocycles. The van der Waals surface area contributed by atoms with Crippen molar-refractivity contribution in [2.75, 3.05) is 20.1 Å². The Morgan fingerprint density at radius 1 is 1.40 bits per heavy atom. The quantitative estimate of drug-likeness (QED) is 0.721. The number of nitrogens with one attached hydrogen (secondary N) is 2. The predicted octanol–water partition coefficient (Wildman–Crippen LogP) is 0.953. The molecule has 1 aromatic rings. The standard InChI is InChI=1S/C15H21N3O2/c1-15(2,14(20)17-3)10-18-9-13(19)12-6-4-11(8-16)5-7-12/h4-7,13,18-19H,9-10H2,1-3H3,(H,17,20). The molecule has 0 aliphatic heterocycles. The number of carbonyl (C=O) groups excluding carboxylic acids is 1. The Balaban J connectivity index is 2.49. The lowest BCUT2D eigenvalue weighted by atomic mass is 9.92. The number of nitrogens with zero attached hydrogens (tertiary/aromatic N) is 1. The highest BCUT2D eigenvalue weighted by Gasteiger charge is 2.26. The van der Waals surface area contributed by atoms with Crippen molar-refractivity contribution in [3.63, 3.8) is 0 Å². The number of aliphatic hydroxyl groups excluding tert-OH is 1. The van der Waals surface area contributed by atoms with E-state index in [1.165, 1.54) is 0 Å². The molecule has 0 heterocycles. The first-order chi connectivity index (χ1) is 9.40. The molecule has 1 unspecified atom stereocenters. The molecule has 0 aliphatic rings. The second-order valence-corrected chi connectivity index (χ2v) is 5.34. The van der Waals surface area contributed by atoms with Crippen molar-refractivity contribution < 1.29 is 9.90 Å². The number of hydrogen-bond acceptors (Lipinski definition) is 4. The summed E-state index contributed by atoms with van der Waals surface area (Å²) in [7, 11) is 1.61. The normalized spacial score (nSPS) is 12.6. The van der Waals surface area contributed by atoms with E-state index in [0.29, 0.717) is 18.7 Å². The van der Waals surface area contributed by atoms with Gasteiger partial charge in [0.25, 0.3) is 0 Å². The van der Waals surface area contributed by atoms with Gasteiger partial charge >= 0.3 is 0 Å². The summed E-state index contributed by atoms with van der Waals surface area (Å²) < 4.78 is 0. The Kier molecular flexibility index (Phi) is 5.68. The average Bonchev–Trinajstić information content (AvgIpc) is 2.46. The number of benzene rings is 1. The van der Waals surface area contributed by atoms with Crippen LogP contribution in [0.15, 0.2) is 24.3 Å². The number of carbonyl (C=O) groups is 1. The van der Waals surface area contributed by atoms with Crippen LogP contribution in [0.1, 0.15) is 31.1 Å². The van der Waals surface area contributed by atoms with Crippen LogP contribution in [0.3, 0.4) is 0 Å². The highest BCUT2D eigenvalue weighted by Crippen LogP contribution is 2.15. The summed E-state index contributed by atoms with van der Waals surface area (Å²) >= 11 is 0. The van der Waals surface area contributed by atoms with Gasteiger partial charge in [-0.1, -0.05) is 12.1 Å². The molecular weight excluding hydrogens is 254 g/mol. The molecule has 5 nitrogen and oxygen atoms in total. The molecule has 3 N–H and O–H groups in total. The molecule has 0 spiro atoms. The maximum atomic E-state index is 11.6. The largest absolute Gasteiger partial charge is 0.387 e. The molecule has 0 saturated carbocycles. The van der Waals surface area contributed by atoms with Crippen LogP contribution in [0.25, 0.3) is 0 Å². The fourth-order valence-electron chi connectivity index (χ4n) is 1.84. The highest BCUT2D eigenvalue weighted by molar-refractivity contribution is 5.81. The molecule has 108 valence electrons. The molecule has 0 fully saturated rings. The maximum Gasteiger partial charge on any atom is 0.226 e. The number of amides is 1. The second kappa shape index (κ2) is 7.04. The Morgan fingerprint density at radius 2 is 2.00 bits per heavy atom. The monoisotopic (exact) mass is 275 g/mol. The molecule has 0 saturated heterocycles. The smallest absolute Gasteiger partial charge is 0.226 e. The third-order valence-corrected chi connectivity index (χ3v) is 3.17. The number of hydrogen-bond donors (Lipinski definition) is 3. The SMILES string of the molecule is CNC(=O)C(C)(C)CNCC(O)c1ccc(C#N)cc1. The van der Waals surface area contributed by atoms with Crippen LogP contribution in [0, 0.1) is 16.7 Å². The molecule has 0 radical (unpaired) electrons. The lowest BCUT2D eigenvalue weighted by Crippen LogP contribution is -2.42. The van der Waals surface area contributed by atoms with Crippen molar-refractivity contribution in [2.45, 2.75) is 20.0 Å². The summed E-state index contributed by atoms with van der Waals surface area (Å²) in [4.78, 5) is 11.6. The van der Waals surface area contributed by atoms with Crippen LogP contribution in [-0.4, -0.2) is 31.2 Å². The fourth-order valence-corrected chi connectivity index (χ4v) is 1.84. The topological polar surface area (TPSA) is 85.2 Å². The minimum Gasteiger partial charge on any atom is -0.387 e. The van der Waals surface area contributed by atoms with Gasteiger partial charge in [0.1, 0.15) is 0 Å². The van der Waals surface area contributed by atoms with Gasteiger partial charge < -0.3 is 15.7 Å². The molecular formula is C15H21N3O2. The van der Waals surface area contributed by atoms with Crippen LogP contribution < -0.4 is 10.6 Å². The van der Waals surface area contributed by atoms with Crippen molar-refractivity contribution >= 4 is 5.91 Å².